The molecule has 2 aromatic rings. The minimum atomic E-state index is 0.287. The first-order valence-electron chi connectivity index (χ1n) is 5.51. The number of benzene rings is 1. The fraction of sp³-hybridized carbons (Fsp3) is 0.154. The van der Waals surface area contributed by atoms with E-state index in [2.05, 4.69) is 4.98 Å². The highest BCUT2D eigenvalue weighted by molar-refractivity contribution is 6.35. The Labute approximate surface area is 126 Å². The number of pyridine rings is 1. The van der Waals surface area contributed by atoms with Gasteiger partial charge in [-0.05, 0) is 18.2 Å². The molecule has 0 spiro atoms. The van der Waals surface area contributed by atoms with Crippen molar-refractivity contribution in [3.8, 4) is 5.75 Å². The van der Waals surface area contributed by atoms with E-state index in [0.29, 0.717) is 27.4 Å². The number of nitrogens with zero attached hydrogens (tertiary/aromatic N) is 1. The van der Waals surface area contributed by atoms with Gasteiger partial charge in [0.05, 0.1) is 10.0 Å². The molecule has 19 heavy (non-hydrogen) atoms. The second kappa shape index (κ2) is 6.44. The summed E-state index contributed by atoms with van der Waals surface area (Å²) in [5, 5.41) is 1.50. The molecule has 0 aliphatic rings. The van der Waals surface area contributed by atoms with E-state index in [0.717, 1.165) is 11.1 Å². The third-order valence-corrected chi connectivity index (χ3v) is 3.37. The first-order chi connectivity index (χ1) is 9.11. The molecule has 1 heterocycles. The van der Waals surface area contributed by atoms with Crippen molar-refractivity contribution in [2.45, 2.75) is 13.2 Å². The quantitative estimate of drug-likeness (QED) is 0.924. The first-order valence-corrected chi connectivity index (χ1v) is 6.64. The molecule has 0 aliphatic carbocycles. The van der Waals surface area contributed by atoms with Gasteiger partial charge in [-0.3, -0.25) is 4.98 Å². The summed E-state index contributed by atoms with van der Waals surface area (Å²) >= 11 is 18.0. The van der Waals surface area contributed by atoms with Crippen LogP contribution in [0.2, 0.25) is 15.1 Å². The van der Waals surface area contributed by atoms with E-state index in [4.69, 9.17) is 45.3 Å². The number of hydrogen-bond acceptors (Lipinski definition) is 3. The van der Waals surface area contributed by atoms with Gasteiger partial charge in [-0.25, -0.2) is 0 Å². The predicted molar refractivity (Wildman–Crippen MR) is 77.9 cm³/mol. The molecule has 2 N–H and O–H groups in total. The summed E-state index contributed by atoms with van der Waals surface area (Å²) in [5.41, 5.74) is 7.23. The Balaban J connectivity index is 2.22. The van der Waals surface area contributed by atoms with Gasteiger partial charge in [-0.15, -0.1) is 0 Å². The summed E-state index contributed by atoms with van der Waals surface area (Å²) < 4.78 is 5.70. The van der Waals surface area contributed by atoms with Gasteiger partial charge in [0.1, 0.15) is 12.4 Å². The predicted octanol–water partition coefficient (Wildman–Crippen LogP) is 4.08. The Bertz CT molecular complexity index is 590. The maximum Gasteiger partial charge on any atom is 0.142 e. The fourth-order valence-corrected chi connectivity index (χ4v) is 2.36. The summed E-state index contributed by atoms with van der Waals surface area (Å²) in [6.07, 6.45) is 3.21. The van der Waals surface area contributed by atoms with Gasteiger partial charge in [0.15, 0.2) is 0 Å². The lowest BCUT2D eigenvalue weighted by atomic mass is 10.2. The monoisotopic (exact) mass is 316 g/mol. The van der Waals surface area contributed by atoms with Gasteiger partial charge < -0.3 is 10.5 Å². The molecule has 1 aromatic carbocycles. The highest BCUT2D eigenvalue weighted by Crippen LogP contribution is 2.33. The lowest BCUT2D eigenvalue weighted by Crippen LogP contribution is -2.04. The summed E-state index contributed by atoms with van der Waals surface area (Å²) in [6.45, 7) is 0.579. The number of ether oxygens (including phenoxy) is 1. The number of hydrogen-bond donors (Lipinski definition) is 1. The first kappa shape index (κ1) is 14.4. The van der Waals surface area contributed by atoms with Crippen LogP contribution in [0, 0.1) is 0 Å². The van der Waals surface area contributed by atoms with E-state index in [1.54, 1.807) is 30.6 Å². The molecule has 2 rings (SSSR count). The van der Waals surface area contributed by atoms with E-state index in [1.165, 1.54) is 0 Å². The van der Waals surface area contributed by atoms with Crippen LogP contribution in [0.5, 0.6) is 5.75 Å². The van der Waals surface area contributed by atoms with Crippen molar-refractivity contribution in [3.05, 3.63) is 56.8 Å². The lowest BCUT2D eigenvalue weighted by molar-refractivity contribution is 0.303. The van der Waals surface area contributed by atoms with Gasteiger partial charge in [0.25, 0.3) is 0 Å². The van der Waals surface area contributed by atoms with Crippen molar-refractivity contribution in [1.29, 1.82) is 0 Å². The molecule has 0 aliphatic heterocycles. The normalized spacial score (nSPS) is 10.5. The number of rotatable bonds is 4. The van der Waals surface area contributed by atoms with Crippen molar-refractivity contribution < 1.29 is 4.74 Å². The Morgan fingerprint density at radius 2 is 1.89 bits per heavy atom. The fourth-order valence-electron chi connectivity index (χ4n) is 1.60. The topological polar surface area (TPSA) is 48.1 Å². The van der Waals surface area contributed by atoms with Crippen molar-refractivity contribution in [2.24, 2.45) is 5.73 Å². The van der Waals surface area contributed by atoms with E-state index >= 15 is 0 Å². The molecule has 100 valence electrons. The average molecular weight is 318 g/mol. The Hall–Kier alpha value is -1.00. The smallest absolute Gasteiger partial charge is 0.142 e. The number of nitrogens with two attached hydrogens (primary N) is 1. The van der Waals surface area contributed by atoms with E-state index in [1.807, 2.05) is 0 Å². The SMILES string of the molecule is NCc1cc(Cl)cc(Cl)c1OCc1ccncc1Cl. The molecule has 6 heteroatoms. The van der Waals surface area contributed by atoms with Crippen molar-refractivity contribution in [3.63, 3.8) is 0 Å². The van der Waals surface area contributed by atoms with Crippen molar-refractivity contribution >= 4 is 34.8 Å². The highest BCUT2D eigenvalue weighted by Gasteiger charge is 2.10. The van der Waals surface area contributed by atoms with Crippen LogP contribution in [0.25, 0.3) is 0 Å². The van der Waals surface area contributed by atoms with E-state index in [-0.39, 0.29) is 6.61 Å². The molecular weight excluding hydrogens is 307 g/mol. The summed E-state index contributed by atoms with van der Waals surface area (Å²) in [6, 6.07) is 5.14. The van der Waals surface area contributed by atoms with Crippen LogP contribution < -0.4 is 10.5 Å². The lowest BCUT2D eigenvalue weighted by Gasteiger charge is -2.13. The molecular formula is C13H11Cl3N2O. The van der Waals surface area contributed by atoms with Gasteiger partial charge in [-0.1, -0.05) is 34.8 Å². The molecule has 0 bridgehead atoms. The van der Waals surface area contributed by atoms with Crippen molar-refractivity contribution in [2.75, 3.05) is 0 Å². The summed E-state index contributed by atoms with van der Waals surface area (Å²) in [5.74, 6) is 0.529. The largest absolute Gasteiger partial charge is 0.487 e. The zero-order chi connectivity index (χ0) is 13.8. The Kier molecular flexibility index (Phi) is 4.88. The van der Waals surface area contributed by atoms with Gasteiger partial charge in [-0.2, -0.15) is 0 Å². The molecule has 3 nitrogen and oxygen atoms in total. The van der Waals surface area contributed by atoms with Crippen LogP contribution in [-0.4, -0.2) is 4.98 Å². The van der Waals surface area contributed by atoms with E-state index < -0.39 is 0 Å². The van der Waals surface area contributed by atoms with Crippen LogP contribution in [-0.2, 0) is 13.2 Å². The third-order valence-electron chi connectivity index (χ3n) is 2.53. The summed E-state index contributed by atoms with van der Waals surface area (Å²) in [4.78, 5) is 3.91. The molecule has 0 unspecified atom stereocenters. The van der Waals surface area contributed by atoms with Crippen LogP contribution in [0.15, 0.2) is 30.6 Å². The maximum absolute atomic E-state index is 6.11. The van der Waals surface area contributed by atoms with Crippen LogP contribution in [0.4, 0.5) is 0 Å². The minimum Gasteiger partial charge on any atom is -0.487 e. The average Bonchev–Trinajstić information content (AvgIpc) is 2.38. The molecule has 0 fully saturated rings. The molecule has 0 atom stereocenters. The number of halogens is 3. The molecule has 0 saturated carbocycles. The Morgan fingerprint density at radius 3 is 2.58 bits per heavy atom. The van der Waals surface area contributed by atoms with Crippen LogP contribution in [0.1, 0.15) is 11.1 Å². The molecule has 0 radical (unpaired) electrons. The van der Waals surface area contributed by atoms with Crippen LogP contribution in [0.3, 0.4) is 0 Å². The van der Waals surface area contributed by atoms with E-state index in [9.17, 15) is 0 Å². The van der Waals surface area contributed by atoms with Gasteiger partial charge in [0.2, 0.25) is 0 Å². The molecule has 0 saturated heterocycles. The molecule has 0 amide bonds. The van der Waals surface area contributed by atoms with Gasteiger partial charge in [0, 0.05) is 35.1 Å². The van der Waals surface area contributed by atoms with Crippen LogP contribution >= 0.6 is 34.8 Å². The standard InChI is InChI=1S/C13H11Cl3N2O/c14-10-3-9(5-17)13(11(15)4-10)19-7-8-1-2-18-6-12(8)16/h1-4,6H,5,7,17H2. The maximum atomic E-state index is 6.11. The number of aromatic nitrogens is 1. The third kappa shape index (κ3) is 3.51. The Morgan fingerprint density at radius 1 is 1.11 bits per heavy atom. The second-order valence-electron chi connectivity index (χ2n) is 3.84. The zero-order valence-electron chi connectivity index (χ0n) is 9.87. The molecule has 1 aromatic heterocycles. The summed E-state index contributed by atoms with van der Waals surface area (Å²) in [7, 11) is 0. The second-order valence-corrected chi connectivity index (χ2v) is 5.09. The van der Waals surface area contributed by atoms with Gasteiger partial charge >= 0.3 is 0 Å². The minimum absolute atomic E-state index is 0.287. The van der Waals surface area contributed by atoms with Crippen molar-refractivity contribution in [1.82, 2.24) is 4.98 Å². The highest BCUT2D eigenvalue weighted by atomic mass is 35.5. The zero-order valence-corrected chi connectivity index (χ0v) is 12.1.